The van der Waals surface area contributed by atoms with Gasteiger partial charge in [-0.25, -0.2) is 0 Å². The van der Waals surface area contributed by atoms with Crippen molar-refractivity contribution >= 4 is 29.1 Å². The molecule has 10 heteroatoms. The standard InChI is InChI=1S/C16H15F3N4O2S/c1-22-14(16(17,18)19)20-21-15(22)26-9-12(24)10-4-2-5-11(8-10)23-7-3-6-13(23)25/h2,4-5,8H,3,6-7,9H2,1H3. The van der Waals surface area contributed by atoms with Crippen LogP contribution in [0.25, 0.3) is 0 Å². The summed E-state index contributed by atoms with van der Waals surface area (Å²) in [6, 6.07) is 6.68. The summed E-state index contributed by atoms with van der Waals surface area (Å²) in [4.78, 5) is 25.8. The second kappa shape index (κ2) is 7.10. The number of benzene rings is 1. The van der Waals surface area contributed by atoms with Gasteiger partial charge in [-0.1, -0.05) is 23.9 Å². The van der Waals surface area contributed by atoms with E-state index >= 15 is 0 Å². The van der Waals surface area contributed by atoms with Gasteiger partial charge in [0.15, 0.2) is 10.9 Å². The number of ketones is 1. The average Bonchev–Trinajstić information content (AvgIpc) is 3.18. The van der Waals surface area contributed by atoms with Crippen LogP contribution in [-0.2, 0) is 18.0 Å². The third-order valence-corrected chi connectivity index (χ3v) is 4.99. The molecule has 1 fully saturated rings. The largest absolute Gasteiger partial charge is 0.451 e. The van der Waals surface area contributed by atoms with Gasteiger partial charge in [-0.05, 0) is 18.6 Å². The van der Waals surface area contributed by atoms with Crippen molar-refractivity contribution in [3.63, 3.8) is 0 Å². The van der Waals surface area contributed by atoms with Gasteiger partial charge in [0.25, 0.3) is 0 Å². The van der Waals surface area contributed by atoms with Gasteiger partial charge >= 0.3 is 6.18 Å². The van der Waals surface area contributed by atoms with Gasteiger partial charge in [0.1, 0.15) is 0 Å². The summed E-state index contributed by atoms with van der Waals surface area (Å²) < 4.78 is 39.0. The minimum Gasteiger partial charge on any atom is -0.312 e. The normalized spacial score (nSPS) is 14.9. The van der Waals surface area contributed by atoms with Crippen molar-refractivity contribution in [2.24, 2.45) is 7.05 Å². The van der Waals surface area contributed by atoms with Crippen LogP contribution in [0.4, 0.5) is 18.9 Å². The average molecular weight is 384 g/mol. The minimum atomic E-state index is -4.60. The number of carbonyl (C=O) groups excluding carboxylic acids is 2. The molecule has 1 aliphatic heterocycles. The van der Waals surface area contributed by atoms with Crippen LogP contribution in [-0.4, -0.2) is 38.8 Å². The van der Waals surface area contributed by atoms with Gasteiger partial charge in [-0.15, -0.1) is 10.2 Å². The molecule has 1 saturated heterocycles. The molecule has 138 valence electrons. The predicted octanol–water partition coefficient (Wildman–Crippen LogP) is 2.94. The van der Waals surface area contributed by atoms with E-state index in [2.05, 4.69) is 10.2 Å². The summed E-state index contributed by atoms with van der Waals surface area (Å²) in [6.45, 7) is 0.615. The molecule has 1 aromatic carbocycles. The van der Waals surface area contributed by atoms with Crippen LogP contribution in [0.5, 0.6) is 0 Å². The molecule has 0 unspecified atom stereocenters. The lowest BCUT2D eigenvalue weighted by atomic mass is 10.1. The van der Waals surface area contributed by atoms with Gasteiger partial charge in [0.2, 0.25) is 11.7 Å². The molecule has 0 spiro atoms. The molecule has 3 rings (SSSR count). The second-order valence-electron chi connectivity index (χ2n) is 5.77. The number of thioether (sulfide) groups is 1. The van der Waals surface area contributed by atoms with Crippen molar-refractivity contribution < 1.29 is 22.8 Å². The first-order chi connectivity index (χ1) is 12.3. The lowest BCUT2D eigenvalue weighted by Gasteiger charge is -2.16. The first-order valence-corrected chi connectivity index (χ1v) is 8.79. The van der Waals surface area contributed by atoms with E-state index in [1.54, 1.807) is 29.2 Å². The van der Waals surface area contributed by atoms with Gasteiger partial charge in [-0.3, -0.25) is 9.59 Å². The van der Waals surface area contributed by atoms with Crippen molar-refractivity contribution in [2.75, 3.05) is 17.2 Å². The Balaban J connectivity index is 1.69. The first kappa shape index (κ1) is 18.4. The molecule has 1 aliphatic rings. The van der Waals surface area contributed by atoms with E-state index in [0.29, 0.717) is 24.2 Å². The number of hydrogen-bond acceptors (Lipinski definition) is 5. The number of rotatable bonds is 5. The number of alkyl halides is 3. The number of anilines is 1. The summed E-state index contributed by atoms with van der Waals surface area (Å²) in [6.07, 6.45) is -3.33. The fraction of sp³-hybridized carbons (Fsp3) is 0.375. The number of carbonyl (C=O) groups is 2. The number of halogens is 3. The highest BCUT2D eigenvalue weighted by molar-refractivity contribution is 7.99. The fourth-order valence-electron chi connectivity index (χ4n) is 2.67. The maximum absolute atomic E-state index is 12.7. The molecule has 0 aliphatic carbocycles. The van der Waals surface area contributed by atoms with Crippen LogP contribution >= 0.6 is 11.8 Å². The van der Waals surface area contributed by atoms with E-state index in [0.717, 1.165) is 22.7 Å². The van der Waals surface area contributed by atoms with Crippen molar-refractivity contribution in [1.29, 1.82) is 0 Å². The van der Waals surface area contributed by atoms with E-state index < -0.39 is 12.0 Å². The molecule has 1 aromatic heterocycles. The lowest BCUT2D eigenvalue weighted by Crippen LogP contribution is -2.23. The van der Waals surface area contributed by atoms with Crippen LogP contribution < -0.4 is 4.90 Å². The highest BCUT2D eigenvalue weighted by atomic mass is 32.2. The first-order valence-electron chi connectivity index (χ1n) is 7.80. The summed E-state index contributed by atoms with van der Waals surface area (Å²) in [5.74, 6) is -1.44. The summed E-state index contributed by atoms with van der Waals surface area (Å²) >= 11 is 0.885. The Hall–Kier alpha value is -2.36. The number of Topliss-reactive ketones (excluding diaryl/α,β-unsaturated/α-hetero) is 1. The Kier molecular flexibility index (Phi) is 5.03. The summed E-state index contributed by atoms with van der Waals surface area (Å²) in [5.41, 5.74) is 1.05. The van der Waals surface area contributed by atoms with Gasteiger partial charge in [0.05, 0.1) is 5.75 Å². The molecule has 2 heterocycles. The molecule has 6 nitrogen and oxygen atoms in total. The quantitative estimate of drug-likeness (QED) is 0.586. The van der Waals surface area contributed by atoms with Crippen LogP contribution in [0, 0.1) is 0 Å². The summed E-state index contributed by atoms with van der Waals surface area (Å²) in [7, 11) is 1.20. The topological polar surface area (TPSA) is 68.1 Å². The van der Waals surface area contributed by atoms with Crippen molar-refractivity contribution in [2.45, 2.75) is 24.2 Å². The third kappa shape index (κ3) is 3.74. The Bertz CT molecular complexity index is 850. The highest BCUT2D eigenvalue weighted by Gasteiger charge is 2.37. The third-order valence-electron chi connectivity index (χ3n) is 3.97. The molecular weight excluding hydrogens is 369 g/mol. The lowest BCUT2D eigenvalue weighted by molar-refractivity contribution is -0.147. The Morgan fingerprint density at radius 1 is 1.31 bits per heavy atom. The molecule has 1 amide bonds. The van der Waals surface area contributed by atoms with Crippen molar-refractivity contribution in [3.05, 3.63) is 35.7 Å². The van der Waals surface area contributed by atoms with Crippen LogP contribution in [0.2, 0.25) is 0 Å². The van der Waals surface area contributed by atoms with E-state index in [1.165, 1.54) is 7.05 Å². The van der Waals surface area contributed by atoms with Gasteiger partial charge in [0, 0.05) is 31.3 Å². The number of nitrogens with zero attached hydrogens (tertiary/aromatic N) is 4. The Morgan fingerprint density at radius 3 is 2.69 bits per heavy atom. The summed E-state index contributed by atoms with van der Waals surface area (Å²) in [5, 5.41) is 6.62. The number of aromatic nitrogens is 3. The molecule has 0 bridgehead atoms. The SMILES string of the molecule is Cn1c(SCC(=O)c2cccc(N3CCCC3=O)c2)nnc1C(F)(F)F. The molecule has 0 saturated carbocycles. The zero-order valence-electron chi connectivity index (χ0n) is 13.8. The smallest absolute Gasteiger partial charge is 0.312 e. The van der Waals surface area contributed by atoms with Crippen LogP contribution in [0.3, 0.4) is 0 Å². The van der Waals surface area contributed by atoms with E-state index in [4.69, 9.17) is 0 Å². The van der Waals surface area contributed by atoms with Crippen molar-refractivity contribution in [1.82, 2.24) is 14.8 Å². The Morgan fingerprint density at radius 2 is 2.08 bits per heavy atom. The molecule has 2 aromatic rings. The highest BCUT2D eigenvalue weighted by Crippen LogP contribution is 2.30. The van der Waals surface area contributed by atoms with Crippen LogP contribution in [0.15, 0.2) is 29.4 Å². The van der Waals surface area contributed by atoms with Crippen LogP contribution in [0.1, 0.15) is 29.0 Å². The molecule has 0 radical (unpaired) electrons. The van der Waals surface area contributed by atoms with Gasteiger partial charge in [-0.2, -0.15) is 13.2 Å². The molecule has 26 heavy (non-hydrogen) atoms. The molecule has 0 atom stereocenters. The maximum Gasteiger partial charge on any atom is 0.451 e. The van der Waals surface area contributed by atoms with E-state index in [-0.39, 0.29) is 22.6 Å². The van der Waals surface area contributed by atoms with E-state index in [1.807, 2.05) is 0 Å². The second-order valence-corrected chi connectivity index (χ2v) is 6.72. The Labute approximate surface area is 151 Å². The molecule has 0 N–H and O–H groups in total. The monoisotopic (exact) mass is 384 g/mol. The minimum absolute atomic E-state index is 0.0107. The zero-order chi connectivity index (χ0) is 18.9. The zero-order valence-corrected chi connectivity index (χ0v) is 14.6. The molecular formula is C16H15F3N4O2S. The number of hydrogen-bond donors (Lipinski definition) is 0. The van der Waals surface area contributed by atoms with E-state index in [9.17, 15) is 22.8 Å². The van der Waals surface area contributed by atoms with Gasteiger partial charge < -0.3 is 9.47 Å². The predicted molar refractivity (Wildman–Crippen MR) is 89.1 cm³/mol. The van der Waals surface area contributed by atoms with Crippen molar-refractivity contribution in [3.8, 4) is 0 Å². The number of amides is 1. The maximum atomic E-state index is 12.7. The fourth-order valence-corrected chi connectivity index (χ4v) is 3.47.